The van der Waals surface area contributed by atoms with Crippen LogP contribution in [0.4, 0.5) is 5.69 Å². The molecule has 0 aliphatic rings. The predicted molar refractivity (Wildman–Crippen MR) is 145 cm³/mol. The Morgan fingerprint density at radius 3 is 1.27 bits per heavy atom. The van der Waals surface area contributed by atoms with Crippen LogP contribution in [0.25, 0.3) is 0 Å². The van der Waals surface area contributed by atoms with Crippen LogP contribution in [0.3, 0.4) is 0 Å². The van der Waals surface area contributed by atoms with Crippen LogP contribution < -0.4 is 4.72 Å². The molecule has 3 aromatic carbocycles. The second-order valence-electron chi connectivity index (χ2n) is 9.28. The summed E-state index contributed by atoms with van der Waals surface area (Å²) in [5.41, 5.74) is 5.98. The number of sulfonamides is 1. The zero-order valence-corrected chi connectivity index (χ0v) is 22.3. The lowest BCUT2D eigenvalue weighted by Gasteiger charge is -2.07. The average molecular weight is 468 g/mol. The van der Waals surface area contributed by atoms with Gasteiger partial charge in [0.15, 0.2) is 0 Å². The van der Waals surface area contributed by atoms with Crippen LogP contribution >= 0.6 is 0 Å². The fourth-order valence-corrected chi connectivity index (χ4v) is 3.50. The van der Waals surface area contributed by atoms with Gasteiger partial charge in [0, 0.05) is 5.69 Å². The Hall–Kier alpha value is -2.59. The molecule has 3 aromatic rings. The van der Waals surface area contributed by atoms with E-state index in [1.807, 2.05) is 18.2 Å². The molecule has 0 saturated carbocycles. The van der Waals surface area contributed by atoms with Crippen molar-refractivity contribution in [2.75, 3.05) is 11.0 Å². The van der Waals surface area contributed by atoms with E-state index in [1.165, 1.54) is 22.3 Å². The Bertz CT molecular complexity index is 1020. The fraction of sp³-hybridized carbons (Fsp3) is 0.379. The molecular formula is C29H41NO2S. The highest BCUT2D eigenvalue weighted by molar-refractivity contribution is 7.92. The van der Waals surface area contributed by atoms with Crippen LogP contribution in [0.5, 0.6) is 0 Å². The van der Waals surface area contributed by atoms with Gasteiger partial charge in [0.25, 0.3) is 0 Å². The van der Waals surface area contributed by atoms with Gasteiger partial charge in [-0.25, -0.2) is 8.42 Å². The molecule has 33 heavy (non-hydrogen) atoms. The highest BCUT2D eigenvalue weighted by Crippen LogP contribution is 2.17. The maximum Gasteiger partial charge on any atom is 0.229 e. The maximum atomic E-state index is 10.9. The summed E-state index contributed by atoms with van der Waals surface area (Å²) in [6.45, 7) is 15.1. The Balaban J connectivity index is 0.000000255. The normalized spacial score (nSPS) is 10.9. The monoisotopic (exact) mass is 467 g/mol. The van der Waals surface area contributed by atoms with Crippen molar-refractivity contribution >= 4 is 15.7 Å². The highest BCUT2D eigenvalue weighted by Gasteiger charge is 2.02. The van der Waals surface area contributed by atoms with Gasteiger partial charge in [-0.1, -0.05) is 114 Å². The maximum absolute atomic E-state index is 10.9. The minimum absolute atomic E-state index is 0.460. The molecule has 0 atom stereocenters. The first-order valence-electron chi connectivity index (χ1n) is 11.6. The van der Waals surface area contributed by atoms with Gasteiger partial charge in [-0.3, -0.25) is 4.72 Å². The number of rotatable bonds is 5. The van der Waals surface area contributed by atoms with E-state index in [4.69, 9.17) is 0 Å². The smallest absolute Gasteiger partial charge is 0.229 e. The summed E-state index contributed by atoms with van der Waals surface area (Å²) in [5.74, 6) is 1.77. The summed E-state index contributed by atoms with van der Waals surface area (Å²) in [4.78, 5) is 0. The van der Waals surface area contributed by atoms with Crippen molar-refractivity contribution in [1.82, 2.24) is 0 Å². The van der Waals surface area contributed by atoms with Gasteiger partial charge in [-0.05, 0) is 53.5 Å². The number of hydrogen-bond acceptors (Lipinski definition) is 2. The summed E-state index contributed by atoms with van der Waals surface area (Å²) in [5, 5.41) is 0. The number of aryl methyl sites for hydroxylation is 1. The van der Waals surface area contributed by atoms with Crippen LogP contribution in [0.2, 0.25) is 0 Å². The van der Waals surface area contributed by atoms with Gasteiger partial charge in [0.1, 0.15) is 0 Å². The molecule has 3 rings (SSSR count). The van der Waals surface area contributed by atoms with Crippen molar-refractivity contribution in [3.8, 4) is 0 Å². The van der Waals surface area contributed by atoms with Crippen LogP contribution in [-0.2, 0) is 10.0 Å². The highest BCUT2D eigenvalue weighted by atomic mass is 32.2. The van der Waals surface area contributed by atoms with E-state index in [9.17, 15) is 8.42 Å². The zero-order chi connectivity index (χ0) is 25.0. The summed E-state index contributed by atoms with van der Waals surface area (Å²) in [6, 6.07) is 26.6. The third-order valence-corrected chi connectivity index (χ3v) is 5.70. The summed E-state index contributed by atoms with van der Waals surface area (Å²) >= 11 is 0. The molecule has 1 N–H and O–H groups in total. The van der Waals surface area contributed by atoms with Crippen LogP contribution in [0, 0.1) is 6.92 Å². The van der Waals surface area contributed by atoms with Crippen molar-refractivity contribution < 1.29 is 8.42 Å². The van der Waals surface area contributed by atoms with E-state index >= 15 is 0 Å². The lowest BCUT2D eigenvalue weighted by molar-refractivity contribution is 0.607. The van der Waals surface area contributed by atoms with E-state index in [-0.39, 0.29) is 0 Å². The molecule has 0 fully saturated rings. The molecule has 0 spiro atoms. The van der Waals surface area contributed by atoms with Crippen LogP contribution in [-0.4, -0.2) is 14.7 Å². The number of hydrogen-bond donors (Lipinski definition) is 1. The molecule has 0 aromatic heterocycles. The number of nitrogens with one attached hydrogen (secondary N) is 1. The third-order valence-electron chi connectivity index (χ3n) is 5.09. The first kappa shape index (κ1) is 28.4. The van der Waals surface area contributed by atoms with Crippen molar-refractivity contribution in [2.45, 2.75) is 66.2 Å². The first-order valence-corrected chi connectivity index (χ1v) is 13.5. The second-order valence-corrected chi connectivity index (χ2v) is 11.0. The molecular weight excluding hydrogens is 426 g/mol. The quantitative estimate of drug-likeness (QED) is 0.412. The van der Waals surface area contributed by atoms with Crippen LogP contribution in [0.1, 0.15) is 81.5 Å². The Kier molecular flexibility index (Phi) is 11.9. The summed E-state index contributed by atoms with van der Waals surface area (Å²) in [6.07, 6.45) is 1.14. The zero-order valence-electron chi connectivity index (χ0n) is 21.5. The molecule has 3 nitrogen and oxygen atoms in total. The van der Waals surface area contributed by atoms with E-state index in [2.05, 4.69) is 102 Å². The van der Waals surface area contributed by atoms with E-state index in [0.29, 0.717) is 23.4 Å². The predicted octanol–water partition coefficient (Wildman–Crippen LogP) is 8.11. The molecule has 0 aliphatic carbocycles. The van der Waals surface area contributed by atoms with Crippen molar-refractivity contribution in [1.29, 1.82) is 0 Å². The molecule has 0 radical (unpaired) electrons. The van der Waals surface area contributed by atoms with E-state index in [1.54, 1.807) is 12.1 Å². The van der Waals surface area contributed by atoms with Crippen molar-refractivity contribution in [3.63, 3.8) is 0 Å². The van der Waals surface area contributed by atoms with E-state index in [0.717, 1.165) is 6.26 Å². The summed E-state index contributed by atoms with van der Waals surface area (Å²) < 4.78 is 24.2. The number of anilines is 1. The largest absolute Gasteiger partial charge is 0.284 e. The topological polar surface area (TPSA) is 46.2 Å². The van der Waals surface area contributed by atoms with Gasteiger partial charge >= 0.3 is 0 Å². The van der Waals surface area contributed by atoms with Crippen molar-refractivity contribution in [2.24, 2.45) is 0 Å². The summed E-state index contributed by atoms with van der Waals surface area (Å²) in [7, 11) is -3.16. The lowest BCUT2D eigenvalue weighted by atomic mass is 10.0. The average Bonchev–Trinajstić information content (AvgIpc) is 2.75. The Morgan fingerprint density at radius 1 is 0.576 bits per heavy atom. The van der Waals surface area contributed by atoms with E-state index < -0.39 is 10.0 Å². The Morgan fingerprint density at radius 2 is 0.939 bits per heavy atom. The first-order chi connectivity index (χ1) is 15.4. The molecule has 180 valence electrons. The SMILES string of the molecule is CC(C)c1ccc(NS(C)(=O)=O)cc1.CC(C)c1ccccc1.Cc1ccc(C(C)C)cc1. The minimum atomic E-state index is -3.16. The molecule has 0 amide bonds. The number of benzene rings is 3. The standard InChI is InChI=1S/C10H15NO2S.C10H14.C9H12/c1-8(2)9-4-6-10(7-5-9)11-14(3,12)13;1-8(2)10-6-4-9(3)5-7-10;1-8(2)9-6-4-3-5-7-9/h4-8,11H,1-3H3;4-8H,1-3H3;3-8H,1-2H3. The van der Waals surface area contributed by atoms with Gasteiger partial charge in [-0.2, -0.15) is 0 Å². The van der Waals surface area contributed by atoms with Gasteiger partial charge in [-0.15, -0.1) is 0 Å². The molecule has 0 saturated heterocycles. The molecule has 0 heterocycles. The fourth-order valence-electron chi connectivity index (χ4n) is 2.94. The van der Waals surface area contributed by atoms with Gasteiger partial charge < -0.3 is 0 Å². The second kappa shape index (κ2) is 13.8. The van der Waals surface area contributed by atoms with Crippen LogP contribution in [0.15, 0.2) is 78.9 Å². The molecule has 0 bridgehead atoms. The van der Waals surface area contributed by atoms with Gasteiger partial charge in [0.05, 0.1) is 6.26 Å². The minimum Gasteiger partial charge on any atom is -0.284 e. The van der Waals surface area contributed by atoms with Crippen molar-refractivity contribution in [3.05, 3.63) is 101 Å². The third kappa shape index (κ3) is 12.3. The molecule has 0 aliphatic heterocycles. The molecule has 0 unspecified atom stereocenters. The Labute approximate surface area is 202 Å². The van der Waals surface area contributed by atoms with Gasteiger partial charge in [0.2, 0.25) is 10.0 Å². The molecule has 4 heteroatoms. The lowest BCUT2D eigenvalue weighted by Crippen LogP contribution is -2.09.